The largest absolute Gasteiger partial charge is 0.147 e. The maximum Gasteiger partial charge on any atom is -0.147 e. The van der Waals surface area contributed by atoms with E-state index < -0.39 is 0 Å². The number of rotatable bonds is 2. The standard InChI is InChI=1S/2C6H7.2ClH.Nb/c2*1-6-4-2-3-5-6;;;/h2*2,4H,3H2,1H3;2*1H;. The Bertz CT molecular complexity index is 315. The Balaban J connectivity index is 0.000000980. The molecule has 0 heterocycles. The minimum Gasteiger partial charge on any atom is -0.147 e. The molecule has 0 nitrogen and oxygen atoms in total. The Morgan fingerprint density at radius 3 is 1.53 bits per heavy atom. The summed E-state index contributed by atoms with van der Waals surface area (Å²) < 4.78 is 3.52. The summed E-state index contributed by atoms with van der Waals surface area (Å²) in [5, 5.41) is 0. The Hall–Kier alpha value is 0.280. The minimum atomic E-state index is -0.200. The third-order valence-corrected chi connectivity index (χ3v) is 6.50. The van der Waals surface area contributed by atoms with Crippen molar-refractivity contribution in [3.05, 3.63) is 43.0 Å². The van der Waals surface area contributed by atoms with E-state index in [1.807, 2.05) is 0 Å². The van der Waals surface area contributed by atoms with Gasteiger partial charge in [-0.2, -0.15) is 0 Å². The fourth-order valence-corrected chi connectivity index (χ4v) is 4.64. The molecule has 15 heavy (non-hydrogen) atoms. The molecule has 2 aliphatic rings. The molecule has 0 spiro atoms. The van der Waals surface area contributed by atoms with Gasteiger partial charge in [-0.25, -0.2) is 0 Å². The first-order valence-corrected chi connectivity index (χ1v) is 6.91. The second-order valence-electron chi connectivity index (χ2n) is 3.58. The molecule has 3 heteroatoms. The van der Waals surface area contributed by atoms with Gasteiger partial charge in [0.15, 0.2) is 0 Å². The number of allylic oxidation sites excluding steroid dienone is 8. The summed E-state index contributed by atoms with van der Waals surface area (Å²) in [5.41, 5.74) is 3.09. The Morgan fingerprint density at radius 1 is 0.867 bits per heavy atom. The van der Waals surface area contributed by atoms with Gasteiger partial charge in [-0.05, 0) is 0 Å². The molecule has 0 aliphatic heterocycles. The Kier molecular flexibility index (Phi) is 6.90. The van der Waals surface area contributed by atoms with Crippen LogP contribution in [0.3, 0.4) is 0 Å². The van der Waals surface area contributed by atoms with Crippen LogP contribution in [0.1, 0.15) is 26.7 Å². The molecule has 0 saturated heterocycles. The third-order valence-electron chi connectivity index (χ3n) is 2.54. The van der Waals surface area contributed by atoms with Crippen molar-refractivity contribution in [3.8, 4) is 0 Å². The van der Waals surface area contributed by atoms with Crippen molar-refractivity contribution < 1.29 is 19.8 Å². The van der Waals surface area contributed by atoms with Crippen molar-refractivity contribution in [2.24, 2.45) is 0 Å². The molecule has 0 atom stereocenters. The van der Waals surface area contributed by atoms with Gasteiger partial charge in [0.2, 0.25) is 0 Å². The number of halogens is 2. The molecule has 0 fully saturated rings. The van der Waals surface area contributed by atoms with Crippen LogP contribution in [0, 0.1) is 0 Å². The van der Waals surface area contributed by atoms with Gasteiger partial charge in [-0.1, -0.05) is 0 Å². The second-order valence-corrected chi connectivity index (χ2v) is 6.79. The average molecular weight is 324 g/mol. The monoisotopic (exact) mass is 323 g/mol. The van der Waals surface area contributed by atoms with Crippen LogP contribution in [-0.4, -0.2) is 0 Å². The van der Waals surface area contributed by atoms with E-state index in [4.69, 9.17) is 0 Å². The predicted octanol–water partition coefficient (Wildman–Crippen LogP) is 4.38. The molecular weight excluding hydrogens is 308 g/mol. The van der Waals surface area contributed by atoms with E-state index in [1.165, 1.54) is 12.8 Å². The minimum absolute atomic E-state index is 0. The molecule has 2 rings (SSSR count). The van der Waals surface area contributed by atoms with Crippen LogP contribution in [0.4, 0.5) is 0 Å². The smallest absolute Gasteiger partial charge is 0.147 e. The molecule has 2 aliphatic carbocycles. The van der Waals surface area contributed by atoms with Gasteiger partial charge in [-0.15, -0.1) is 24.8 Å². The topological polar surface area (TPSA) is 0 Å². The van der Waals surface area contributed by atoms with Crippen LogP contribution in [0.5, 0.6) is 0 Å². The van der Waals surface area contributed by atoms with Gasteiger partial charge in [0.05, 0.1) is 0 Å². The summed E-state index contributed by atoms with van der Waals surface area (Å²) in [7, 11) is 0. The van der Waals surface area contributed by atoms with Crippen molar-refractivity contribution in [1.82, 2.24) is 0 Å². The summed E-state index contributed by atoms with van der Waals surface area (Å²) >= 11 is -0.200. The van der Waals surface area contributed by atoms with Crippen LogP contribution in [-0.2, 0) is 19.8 Å². The molecule has 0 bridgehead atoms. The van der Waals surface area contributed by atoms with Gasteiger partial charge < -0.3 is 0 Å². The van der Waals surface area contributed by atoms with E-state index in [1.54, 1.807) is 18.7 Å². The van der Waals surface area contributed by atoms with E-state index in [9.17, 15) is 0 Å². The molecule has 0 aromatic rings. The van der Waals surface area contributed by atoms with Crippen molar-refractivity contribution in [1.29, 1.82) is 0 Å². The molecule has 0 aromatic carbocycles. The predicted molar refractivity (Wildman–Crippen MR) is 67.4 cm³/mol. The van der Waals surface area contributed by atoms with E-state index >= 15 is 0 Å². The molecular formula is C12H16Cl2Nb. The Morgan fingerprint density at radius 2 is 1.27 bits per heavy atom. The average Bonchev–Trinajstić information content (AvgIpc) is 2.65. The van der Waals surface area contributed by atoms with Crippen LogP contribution in [0.15, 0.2) is 43.0 Å². The van der Waals surface area contributed by atoms with Crippen LogP contribution in [0.2, 0.25) is 0 Å². The summed E-state index contributed by atoms with van der Waals surface area (Å²) in [6.07, 6.45) is 11.6. The summed E-state index contributed by atoms with van der Waals surface area (Å²) in [6, 6.07) is 0. The summed E-state index contributed by atoms with van der Waals surface area (Å²) in [6.45, 7) is 4.51. The first-order chi connectivity index (χ1) is 6.27. The van der Waals surface area contributed by atoms with E-state index in [0.717, 1.165) is 0 Å². The fourth-order valence-electron chi connectivity index (χ4n) is 1.64. The van der Waals surface area contributed by atoms with Crippen molar-refractivity contribution >= 4 is 24.8 Å². The normalized spacial score (nSPS) is 18.0. The molecule has 0 saturated carbocycles. The molecule has 83 valence electrons. The van der Waals surface area contributed by atoms with E-state index in [0.29, 0.717) is 0 Å². The molecule has 0 N–H and O–H groups in total. The van der Waals surface area contributed by atoms with Crippen molar-refractivity contribution in [2.45, 2.75) is 26.7 Å². The van der Waals surface area contributed by atoms with Crippen molar-refractivity contribution in [2.75, 3.05) is 0 Å². The van der Waals surface area contributed by atoms with Gasteiger partial charge in [0.25, 0.3) is 0 Å². The number of hydrogen-bond donors (Lipinski definition) is 0. The van der Waals surface area contributed by atoms with Crippen LogP contribution >= 0.6 is 24.8 Å². The summed E-state index contributed by atoms with van der Waals surface area (Å²) in [4.78, 5) is 0. The van der Waals surface area contributed by atoms with Gasteiger partial charge in [-0.3, -0.25) is 0 Å². The SMILES string of the molecule is CC1=[C]([Nb][C]2=C(C)C=CC2)CC=C1.Cl.Cl. The first-order valence-electron chi connectivity index (χ1n) is 4.71. The third kappa shape index (κ3) is 3.65. The maximum atomic E-state index is 2.30. The van der Waals surface area contributed by atoms with Gasteiger partial charge in [0.1, 0.15) is 0 Å². The van der Waals surface area contributed by atoms with Gasteiger partial charge in [0, 0.05) is 0 Å². The number of hydrogen-bond acceptors (Lipinski definition) is 0. The zero-order valence-corrected chi connectivity index (χ0v) is 12.8. The first kappa shape index (κ1) is 15.3. The zero-order valence-electron chi connectivity index (χ0n) is 8.99. The second kappa shape index (κ2) is 6.78. The fraction of sp³-hybridized carbons (Fsp3) is 0.333. The molecule has 0 radical (unpaired) electrons. The zero-order chi connectivity index (χ0) is 9.26. The van der Waals surface area contributed by atoms with Crippen LogP contribution < -0.4 is 0 Å². The molecule has 0 amide bonds. The summed E-state index contributed by atoms with van der Waals surface area (Å²) in [5.74, 6) is 0. The molecule has 0 unspecified atom stereocenters. The quantitative estimate of drug-likeness (QED) is 0.661. The molecule has 0 aromatic heterocycles. The van der Waals surface area contributed by atoms with E-state index in [-0.39, 0.29) is 44.6 Å². The van der Waals surface area contributed by atoms with Gasteiger partial charge >= 0.3 is 89.5 Å². The van der Waals surface area contributed by atoms with E-state index in [2.05, 4.69) is 38.2 Å². The van der Waals surface area contributed by atoms with Crippen molar-refractivity contribution in [3.63, 3.8) is 0 Å². The maximum absolute atomic E-state index is 2.30. The van der Waals surface area contributed by atoms with Crippen LogP contribution in [0.25, 0.3) is 0 Å². The Labute approximate surface area is 114 Å².